The molecule has 8 nitrogen and oxygen atoms in total. The van der Waals surface area contributed by atoms with Gasteiger partial charge in [-0.1, -0.05) is 0 Å². The Morgan fingerprint density at radius 1 is 0.947 bits per heavy atom. The quantitative estimate of drug-likeness (QED) is 0.375. The number of nitrogens with one attached hydrogen (secondary N) is 2. The molecule has 1 aromatic carbocycles. The van der Waals surface area contributed by atoms with Crippen molar-refractivity contribution < 1.29 is 14.0 Å². The molecular weight excluding hydrogens is 483 g/mol. The summed E-state index contributed by atoms with van der Waals surface area (Å²) in [4.78, 5) is 37.8. The minimum absolute atomic E-state index is 0.239. The predicted octanol–water partition coefficient (Wildman–Crippen LogP) is 5.07. The molecule has 4 aromatic rings. The number of carbonyl (C=O) groups is 2. The van der Waals surface area contributed by atoms with Crippen LogP contribution in [0.1, 0.15) is 46.1 Å². The Morgan fingerprint density at radius 2 is 1.71 bits per heavy atom. The summed E-state index contributed by atoms with van der Waals surface area (Å²) in [5.74, 6) is -1.21. The van der Waals surface area contributed by atoms with Gasteiger partial charge in [0.2, 0.25) is 0 Å². The summed E-state index contributed by atoms with van der Waals surface area (Å²) in [6, 6.07) is 16.4. The number of amides is 2. The van der Waals surface area contributed by atoms with Crippen molar-refractivity contribution in [3.63, 3.8) is 0 Å². The fourth-order valence-electron chi connectivity index (χ4n) is 3.81. The highest BCUT2D eigenvalue weighted by atomic mass is 19.1. The van der Waals surface area contributed by atoms with E-state index in [1.165, 1.54) is 31.6 Å². The molecule has 0 saturated carbocycles. The van der Waals surface area contributed by atoms with Gasteiger partial charge in [-0.25, -0.2) is 4.39 Å². The van der Waals surface area contributed by atoms with E-state index in [-0.39, 0.29) is 17.2 Å². The molecule has 190 valence electrons. The first-order valence-electron chi connectivity index (χ1n) is 11.8. The number of anilines is 1. The Balaban J connectivity index is 1.66. The van der Waals surface area contributed by atoms with Gasteiger partial charge in [-0.2, -0.15) is 5.26 Å². The second kappa shape index (κ2) is 10.6. The second-order valence-corrected chi connectivity index (χ2v) is 9.21. The van der Waals surface area contributed by atoms with Crippen molar-refractivity contribution in [1.29, 1.82) is 5.26 Å². The van der Waals surface area contributed by atoms with E-state index in [0.717, 1.165) is 0 Å². The molecule has 3 heterocycles. The van der Waals surface area contributed by atoms with Crippen LogP contribution in [0.5, 0.6) is 0 Å². The van der Waals surface area contributed by atoms with E-state index in [9.17, 15) is 19.2 Å². The van der Waals surface area contributed by atoms with Crippen LogP contribution >= 0.6 is 0 Å². The Bertz CT molecular complexity index is 1590. The summed E-state index contributed by atoms with van der Waals surface area (Å²) in [5.41, 5.74) is 3.26. The van der Waals surface area contributed by atoms with Crippen LogP contribution in [0.3, 0.4) is 0 Å². The SMILES string of the molecule is CNC(=O)c1cc(-c2cc(-c3cc(NC(=O)c4ccnc(C(C)(C)C#N)c4)ccc3F)cc(C)n2)ccn1. The standard InChI is InChI=1S/C29H25FN6O2/c1-17-11-20(13-24(35-17)18-7-9-33-25(12-18)28(38)32-4)22-15-21(5-6-23(22)30)36-27(37)19-8-10-34-26(14-19)29(2,3)16-31/h5-15H,1-4H3,(H,32,38)(H,36,37). The molecule has 0 spiro atoms. The maximum atomic E-state index is 15.0. The zero-order valence-corrected chi connectivity index (χ0v) is 21.3. The van der Waals surface area contributed by atoms with Crippen LogP contribution in [-0.2, 0) is 5.41 Å². The minimum Gasteiger partial charge on any atom is -0.354 e. The van der Waals surface area contributed by atoms with E-state index in [1.807, 2.05) is 0 Å². The molecule has 3 aromatic heterocycles. The lowest BCUT2D eigenvalue weighted by molar-refractivity contribution is 0.0957. The molecule has 0 aliphatic carbocycles. The molecule has 0 aliphatic rings. The molecule has 0 saturated heterocycles. The second-order valence-electron chi connectivity index (χ2n) is 9.21. The van der Waals surface area contributed by atoms with Gasteiger partial charge in [0.05, 0.1) is 22.9 Å². The van der Waals surface area contributed by atoms with Crippen LogP contribution in [0.25, 0.3) is 22.4 Å². The Kier molecular flexibility index (Phi) is 7.26. The van der Waals surface area contributed by atoms with Crippen molar-refractivity contribution in [2.75, 3.05) is 12.4 Å². The first kappa shape index (κ1) is 26.1. The number of halogens is 1. The fourth-order valence-corrected chi connectivity index (χ4v) is 3.81. The average Bonchev–Trinajstić information content (AvgIpc) is 2.93. The largest absolute Gasteiger partial charge is 0.354 e. The fraction of sp³-hybridized carbons (Fsp3) is 0.172. The van der Waals surface area contributed by atoms with Gasteiger partial charge in [-0.05, 0) is 80.9 Å². The maximum Gasteiger partial charge on any atom is 0.269 e. The number of nitriles is 1. The number of aromatic nitrogens is 3. The third-order valence-electron chi connectivity index (χ3n) is 5.95. The van der Waals surface area contributed by atoms with E-state index in [4.69, 9.17) is 0 Å². The Hall–Kier alpha value is -4.97. The van der Waals surface area contributed by atoms with E-state index < -0.39 is 17.1 Å². The molecule has 0 bridgehead atoms. The summed E-state index contributed by atoms with van der Waals surface area (Å²) in [5, 5.41) is 14.7. The summed E-state index contributed by atoms with van der Waals surface area (Å²) >= 11 is 0. The predicted molar refractivity (Wildman–Crippen MR) is 142 cm³/mol. The van der Waals surface area contributed by atoms with Gasteiger partial charge in [0, 0.05) is 47.5 Å². The third kappa shape index (κ3) is 5.55. The van der Waals surface area contributed by atoms with Gasteiger partial charge in [0.25, 0.3) is 11.8 Å². The lowest BCUT2D eigenvalue weighted by atomic mass is 9.90. The topological polar surface area (TPSA) is 121 Å². The monoisotopic (exact) mass is 508 g/mol. The molecule has 9 heteroatoms. The van der Waals surface area contributed by atoms with Crippen LogP contribution in [0.2, 0.25) is 0 Å². The molecular formula is C29H25FN6O2. The highest BCUT2D eigenvalue weighted by Crippen LogP contribution is 2.30. The van der Waals surface area contributed by atoms with Crippen molar-refractivity contribution in [1.82, 2.24) is 20.3 Å². The minimum atomic E-state index is -0.855. The van der Waals surface area contributed by atoms with Crippen LogP contribution in [0.15, 0.2) is 67.0 Å². The first-order chi connectivity index (χ1) is 18.1. The van der Waals surface area contributed by atoms with Gasteiger partial charge in [-0.3, -0.25) is 24.5 Å². The van der Waals surface area contributed by atoms with Crippen LogP contribution in [-0.4, -0.2) is 33.8 Å². The van der Waals surface area contributed by atoms with Crippen molar-refractivity contribution in [3.05, 3.63) is 95.5 Å². The van der Waals surface area contributed by atoms with Crippen molar-refractivity contribution in [3.8, 4) is 28.5 Å². The third-order valence-corrected chi connectivity index (χ3v) is 5.95. The average molecular weight is 509 g/mol. The molecule has 2 N–H and O–H groups in total. The summed E-state index contributed by atoms with van der Waals surface area (Å²) < 4.78 is 15.0. The molecule has 0 aliphatic heterocycles. The molecule has 0 fully saturated rings. The van der Waals surface area contributed by atoms with Crippen molar-refractivity contribution in [2.24, 2.45) is 0 Å². The molecule has 0 unspecified atom stereocenters. The first-order valence-corrected chi connectivity index (χ1v) is 11.8. The molecule has 2 amide bonds. The number of aryl methyl sites for hydroxylation is 1. The van der Waals surface area contributed by atoms with Crippen molar-refractivity contribution in [2.45, 2.75) is 26.2 Å². The number of rotatable bonds is 6. The van der Waals surface area contributed by atoms with E-state index >= 15 is 0 Å². The van der Waals surface area contributed by atoms with E-state index in [1.54, 1.807) is 63.2 Å². The Labute approximate surface area is 219 Å². The van der Waals surface area contributed by atoms with Gasteiger partial charge >= 0.3 is 0 Å². The number of benzene rings is 1. The lowest BCUT2D eigenvalue weighted by Crippen LogP contribution is -2.19. The normalized spacial score (nSPS) is 10.9. The number of hydrogen-bond donors (Lipinski definition) is 2. The lowest BCUT2D eigenvalue weighted by Gasteiger charge is -2.15. The molecule has 0 atom stereocenters. The Morgan fingerprint density at radius 3 is 2.45 bits per heavy atom. The molecule has 0 radical (unpaired) electrons. The summed E-state index contributed by atoms with van der Waals surface area (Å²) in [6.45, 7) is 5.24. The van der Waals surface area contributed by atoms with Gasteiger partial charge < -0.3 is 10.6 Å². The highest BCUT2D eigenvalue weighted by molar-refractivity contribution is 6.04. The van der Waals surface area contributed by atoms with Gasteiger partial charge in [0.1, 0.15) is 11.5 Å². The van der Waals surface area contributed by atoms with E-state index in [0.29, 0.717) is 39.5 Å². The van der Waals surface area contributed by atoms with Crippen molar-refractivity contribution >= 4 is 17.5 Å². The number of carbonyl (C=O) groups excluding carboxylic acids is 2. The number of nitrogens with zero attached hydrogens (tertiary/aromatic N) is 4. The zero-order valence-electron chi connectivity index (χ0n) is 21.3. The van der Waals surface area contributed by atoms with E-state index in [2.05, 4.69) is 31.7 Å². The van der Waals surface area contributed by atoms with Crippen LogP contribution in [0, 0.1) is 24.1 Å². The summed E-state index contributed by atoms with van der Waals surface area (Å²) in [7, 11) is 1.52. The maximum absolute atomic E-state index is 15.0. The highest BCUT2D eigenvalue weighted by Gasteiger charge is 2.23. The summed E-state index contributed by atoms with van der Waals surface area (Å²) in [6.07, 6.45) is 3.00. The molecule has 38 heavy (non-hydrogen) atoms. The number of hydrogen-bond acceptors (Lipinski definition) is 6. The number of pyridine rings is 3. The smallest absolute Gasteiger partial charge is 0.269 e. The van der Waals surface area contributed by atoms with Gasteiger partial charge in [-0.15, -0.1) is 0 Å². The van der Waals surface area contributed by atoms with Gasteiger partial charge in [0.15, 0.2) is 0 Å². The van der Waals surface area contributed by atoms with Crippen LogP contribution in [0.4, 0.5) is 10.1 Å². The molecule has 4 rings (SSSR count). The zero-order chi connectivity index (χ0) is 27.4. The van der Waals surface area contributed by atoms with Crippen LogP contribution < -0.4 is 10.6 Å².